The third-order valence-corrected chi connectivity index (χ3v) is 9.28. The van der Waals surface area contributed by atoms with Gasteiger partial charge in [-0.25, -0.2) is 4.98 Å². The van der Waals surface area contributed by atoms with Gasteiger partial charge in [-0.05, 0) is 76.9 Å². The summed E-state index contributed by atoms with van der Waals surface area (Å²) in [6.07, 6.45) is 0. The van der Waals surface area contributed by atoms with Crippen molar-refractivity contribution in [3.63, 3.8) is 0 Å². The summed E-state index contributed by atoms with van der Waals surface area (Å²) in [5.41, 5.74) is 8.35. The number of hydrogen-bond donors (Lipinski definition) is 0. The zero-order chi connectivity index (χ0) is 25.0. The van der Waals surface area contributed by atoms with Crippen LogP contribution in [-0.4, -0.2) is 13.1 Å². The van der Waals surface area contributed by atoms with Crippen molar-refractivity contribution in [3.05, 3.63) is 108 Å². The van der Waals surface area contributed by atoms with Crippen LogP contribution in [0.2, 0.25) is 19.6 Å². The molecule has 1 heterocycles. The molecule has 0 aliphatic heterocycles. The molecular formula is C34H31NSi. The molecule has 6 aromatic rings. The van der Waals surface area contributed by atoms with E-state index in [1.165, 1.54) is 59.9 Å². The van der Waals surface area contributed by atoms with Crippen molar-refractivity contribution in [2.24, 2.45) is 0 Å². The fourth-order valence-corrected chi connectivity index (χ4v) is 6.63. The maximum atomic E-state index is 5.21. The number of aromatic nitrogens is 1. The Morgan fingerprint density at radius 1 is 0.583 bits per heavy atom. The third-order valence-electron chi connectivity index (χ3n) is 7.23. The van der Waals surface area contributed by atoms with Crippen molar-refractivity contribution in [3.8, 4) is 22.4 Å². The first-order valence-electron chi connectivity index (χ1n) is 12.7. The molecule has 0 N–H and O–H groups in total. The normalized spacial score (nSPS) is 12.0. The van der Waals surface area contributed by atoms with E-state index in [1.54, 1.807) is 0 Å². The van der Waals surface area contributed by atoms with E-state index in [4.69, 9.17) is 4.98 Å². The molecule has 36 heavy (non-hydrogen) atoms. The maximum Gasteiger partial charge on any atom is 0.0776 e. The molecule has 176 valence electrons. The molecule has 1 nitrogen and oxygen atoms in total. The lowest BCUT2D eigenvalue weighted by Gasteiger charge is -2.20. The van der Waals surface area contributed by atoms with Gasteiger partial charge in [0, 0.05) is 10.9 Å². The fourth-order valence-electron chi connectivity index (χ4n) is 5.47. The van der Waals surface area contributed by atoms with E-state index in [1.807, 2.05) is 0 Å². The van der Waals surface area contributed by atoms with Gasteiger partial charge in [0.05, 0.1) is 19.3 Å². The van der Waals surface area contributed by atoms with Crippen molar-refractivity contribution < 1.29 is 0 Å². The minimum Gasteiger partial charge on any atom is -0.248 e. The minimum atomic E-state index is -1.50. The maximum absolute atomic E-state index is 5.21. The molecule has 0 atom stereocenters. The van der Waals surface area contributed by atoms with Crippen molar-refractivity contribution >= 4 is 45.7 Å². The van der Waals surface area contributed by atoms with Crippen molar-refractivity contribution in [1.29, 1.82) is 0 Å². The van der Waals surface area contributed by atoms with Crippen LogP contribution in [0.3, 0.4) is 0 Å². The zero-order valence-corrected chi connectivity index (χ0v) is 22.7. The summed E-state index contributed by atoms with van der Waals surface area (Å²) < 4.78 is 0. The standard InChI is InChI=1S/C34H31NSi/c1-22-16-23(2)18-26(17-22)33-21-31(30-20-27(36(3,4)5)14-15-32(30)35-33)34-28-12-8-6-10-24(28)19-25-11-7-9-13-29(25)34/h6-21H,1-5H3. The Hall–Kier alpha value is -3.75. The van der Waals surface area contributed by atoms with Gasteiger partial charge in [-0.1, -0.05) is 103 Å². The Morgan fingerprint density at radius 3 is 1.81 bits per heavy atom. The molecule has 0 bridgehead atoms. The van der Waals surface area contributed by atoms with Crippen LogP contribution in [0.4, 0.5) is 0 Å². The molecule has 0 saturated heterocycles. The first kappa shape index (κ1) is 22.7. The van der Waals surface area contributed by atoms with E-state index >= 15 is 0 Å². The predicted octanol–water partition coefficient (Wildman–Crippen LogP) is 9.04. The van der Waals surface area contributed by atoms with Gasteiger partial charge in [0.25, 0.3) is 0 Å². The molecule has 0 aliphatic rings. The monoisotopic (exact) mass is 481 g/mol. The van der Waals surface area contributed by atoms with Gasteiger partial charge in [-0.2, -0.15) is 0 Å². The smallest absolute Gasteiger partial charge is 0.0776 e. The summed E-state index contributed by atoms with van der Waals surface area (Å²) in [4.78, 5) is 5.21. The van der Waals surface area contributed by atoms with Gasteiger partial charge in [-0.3, -0.25) is 0 Å². The molecular weight excluding hydrogens is 450 g/mol. The molecule has 0 unspecified atom stereocenters. The zero-order valence-electron chi connectivity index (χ0n) is 21.7. The second kappa shape index (κ2) is 8.43. The Bertz CT molecular complexity index is 1720. The second-order valence-corrected chi connectivity index (χ2v) is 16.2. The largest absolute Gasteiger partial charge is 0.248 e. The molecule has 5 aromatic carbocycles. The molecule has 2 heteroatoms. The molecule has 1 aromatic heterocycles. The lowest BCUT2D eigenvalue weighted by Crippen LogP contribution is -2.37. The molecule has 0 fully saturated rings. The van der Waals surface area contributed by atoms with Gasteiger partial charge in [0.15, 0.2) is 0 Å². The summed E-state index contributed by atoms with van der Waals surface area (Å²) >= 11 is 0. The molecule has 0 saturated carbocycles. The van der Waals surface area contributed by atoms with Crippen molar-refractivity contribution in [2.75, 3.05) is 0 Å². The minimum absolute atomic E-state index is 1.03. The van der Waals surface area contributed by atoms with Crippen molar-refractivity contribution in [2.45, 2.75) is 33.5 Å². The number of pyridine rings is 1. The summed E-state index contributed by atoms with van der Waals surface area (Å²) in [6.45, 7) is 11.6. The molecule has 0 aliphatic carbocycles. The predicted molar refractivity (Wildman–Crippen MR) is 160 cm³/mol. The van der Waals surface area contributed by atoms with Gasteiger partial charge >= 0.3 is 0 Å². The van der Waals surface area contributed by atoms with E-state index in [2.05, 4.69) is 131 Å². The van der Waals surface area contributed by atoms with E-state index < -0.39 is 8.07 Å². The lowest BCUT2D eigenvalue weighted by molar-refractivity contribution is 1.34. The van der Waals surface area contributed by atoms with Gasteiger partial charge < -0.3 is 0 Å². The van der Waals surface area contributed by atoms with Gasteiger partial charge in [0.2, 0.25) is 0 Å². The summed E-state index contributed by atoms with van der Waals surface area (Å²) in [5.74, 6) is 0. The number of nitrogens with zero attached hydrogens (tertiary/aromatic N) is 1. The first-order chi connectivity index (χ1) is 17.3. The summed E-state index contributed by atoms with van der Waals surface area (Å²) in [7, 11) is -1.50. The highest BCUT2D eigenvalue weighted by atomic mass is 28.3. The number of hydrogen-bond acceptors (Lipinski definition) is 1. The quantitative estimate of drug-likeness (QED) is 0.181. The Balaban J connectivity index is 1.79. The lowest BCUT2D eigenvalue weighted by atomic mass is 9.89. The molecule has 6 rings (SSSR count). The average molecular weight is 482 g/mol. The van der Waals surface area contributed by atoms with Crippen LogP contribution in [0.15, 0.2) is 97.1 Å². The highest BCUT2D eigenvalue weighted by Crippen LogP contribution is 2.41. The van der Waals surface area contributed by atoms with Gasteiger partial charge in [-0.15, -0.1) is 0 Å². The molecule has 0 amide bonds. The molecule has 0 radical (unpaired) electrons. The summed E-state index contributed by atoms with van der Waals surface area (Å²) in [5, 5.41) is 7.81. The van der Waals surface area contributed by atoms with E-state index in [9.17, 15) is 0 Å². The average Bonchev–Trinajstić information content (AvgIpc) is 2.85. The van der Waals surface area contributed by atoms with Crippen LogP contribution in [0.25, 0.3) is 54.8 Å². The molecule has 0 spiro atoms. The Labute approximate surface area is 214 Å². The number of fused-ring (bicyclic) bond motifs is 3. The van der Waals surface area contributed by atoms with E-state index in [0.29, 0.717) is 0 Å². The Morgan fingerprint density at radius 2 is 1.19 bits per heavy atom. The third kappa shape index (κ3) is 3.92. The fraction of sp³-hybridized carbons (Fsp3) is 0.147. The van der Waals surface area contributed by atoms with Crippen LogP contribution in [0.1, 0.15) is 11.1 Å². The van der Waals surface area contributed by atoms with Crippen LogP contribution in [0.5, 0.6) is 0 Å². The highest BCUT2D eigenvalue weighted by molar-refractivity contribution is 6.88. The summed E-state index contributed by atoms with van der Waals surface area (Å²) in [6, 6.07) is 35.9. The SMILES string of the molecule is Cc1cc(C)cc(-c2cc(-c3c4ccccc4cc4ccccc34)c3cc([Si](C)(C)C)ccc3n2)c1. The van der Waals surface area contributed by atoms with Crippen LogP contribution < -0.4 is 5.19 Å². The van der Waals surface area contributed by atoms with Crippen LogP contribution >= 0.6 is 0 Å². The number of rotatable bonds is 3. The van der Waals surface area contributed by atoms with Crippen LogP contribution in [-0.2, 0) is 0 Å². The second-order valence-electron chi connectivity index (χ2n) is 11.1. The van der Waals surface area contributed by atoms with Crippen LogP contribution in [0, 0.1) is 13.8 Å². The van der Waals surface area contributed by atoms with E-state index in [-0.39, 0.29) is 0 Å². The topological polar surface area (TPSA) is 12.9 Å². The first-order valence-corrected chi connectivity index (χ1v) is 16.2. The van der Waals surface area contributed by atoms with E-state index in [0.717, 1.165) is 11.2 Å². The number of aryl methyl sites for hydroxylation is 2. The van der Waals surface area contributed by atoms with Gasteiger partial charge in [0.1, 0.15) is 0 Å². The Kier molecular flexibility index (Phi) is 5.31. The number of benzene rings is 5. The van der Waals surface area contributed by atoms with Crippen molar-refractivity contribution in [1.82, 2.24) is 4.98 Å². The highest BCUT2D eigenvalue weighted by Gasteiger charge is 2.20.